The van der Waals surface area contributed by atoms with Crippen molar-refractivity contribution in [2.45, 2.75) is 174 Å². The highest BCUT2D eigenvalue weighted by Crippen LogP contribution is 2.63. The number of carbonyl (C=O) groups excluding carboxylic acids is 4. The van der Waals surface area contributed by atoms with E-state index in [1.54, 1.807) is 0 Å². The molecule has 2 N–H and O–H groups in total. The molecule has 1 saturated heterocycles. The fourth-order valence-electron chi connectivity index (χ4n) is 9.25. The highest BCUT2D eigenvalue weighted by molar-refractivity contribution is 5.83. The maximum atomic E-state index is 13.3. The topological polar surface area (TPSA) is 130 Å². The second-order valence-electron chi connectivity index (χ2n) is 17.6. The second-order valence-corrected chi connectivity index (χ2v) is 17.6. The monoisotopic (exact) mass is 647 g/mol. The highest BCUT2D eigenvalue weighted by Gasteiger charge is 2.69. The summed E-state index contributed by atoms with van der Waals surface area (Å²) in [5, 5.41) is 11.2. The molecule has 6 unspecified atom stereocenters. The van der Waals surface area contributed by atoms with Gasteiger partial charge in [0, 0.05) is 25.7 Å². The van der Waals surface area contributed by atoms with E-state index in [9.17, 15) is 24.3 Å². The molecular weight excluding hydrogens is 588 g/mol. The number of rotatable bonds is 14. The molecule has 0 amide bonds. The smallest absolute Gasteiger partial charge is 0.463 e. The zero-order valence-electron chi connectivity index (χ0n) is 29.2. The average molecular weight is 648 g/mol. The summed E-state index contributed by atoms with van der Waals surface area (Å²) < 4.78 is 23.1. The van der Waals surface area contributed by atoms with Gasteiger partial charge in [0.25, 0.3) is 0 Å². The fraction of sp³-hybridized carbons (Fsp3) is 0.892. The summed E-state index contributed by atoms with van der Waals surface area (Å²) in [6, 6.07) is 0. The molecule has 1 aliphatic heterocycles. The Kier molecular flexibility index (Phi) is 9.71. The Labute approximate surface area is 275 Å². The van der Waals surface area contributed by atoms with Crippen LogP contribution in [-0.4, -0.2) is 63.3 Å². The van der Waals surface area contributed by atoms with E-state index in [4.69, 9.17) is 18.9 Å². The van der Waals surface area contributed by atoms with Crippen molar-refractivity contribution in [3.05, 3.63) is 0 Å². The largest absolute Gasteiger partial charge is 0.489 e. The third-order valence-electron chi connectivity index (χ3n) is 12.3. The molecule has 46 heavy (non-hydrogen) atoms. The number of ether oxygens (including phenoxy) is 4. The Bertz CT molecular complexity index is 1190. The third-order valence-corrected chi connectivity index (χ3v) is 12.3. The maximum Gasteiger partial charge on any atom is 0.489 e. The minimum absolute atomic E-state index is 0.00207. The van der Waals surface area contributed by atoms with Crippen molar-refractivity contribution in [3.8, 4) is 0 Å². The van der Waals surface area contributed by atoms with Crippen molar-refractivity contribution in [2.75, 3.05) is 6.61 Å². The molecule has 260 valence electrons. The Balaban J connectivity index is 1.22. The van der Waals surface area contributed by atoms with E-state index in [0.717, 1.165) is 51.4 Å². The van der Waals surface area contributed by atoms with Gasteiger partial charge < -0.3 is 28.8 Å². The first-order chi connectivity index (χ1) is 21.4. The van der Waals surface area contributed by atoms with Gasteiger partial charge in [-0.2, -0.15) is 0 Å². The molecule has 6 aliphatic rings. The molecule has 9 nitrogen and oxygen atoms in total. The van der Waals surface area contributed by atoms with Crippen LogP contribution in [0.25, 0.3) is 0 Å². The summed E-state index contributed by atoms with van der Waals surface area (Å²) >= 11 is 0. The van der Waals surface area contributed by atoms with Crippen LogP contribution in [-0.2, 0) is 33.3 Å². The first-order valence-electron chi connectivity index (χ1n) is 18.0. The number of hydrogen-bond donors (Lipinski definition) is 1. The summed E-state index contributed by atoms with van der Waals surface area (Å²) in [6.07, 6.45) is 12.3. The van der Waals surface area contributed by atoms with E-state index >= 15 is 0 Å². The Hall–Kier alpha value is -2.16. The van der Waals surface area contributed by atoms with Gasteiger partial charge in [-0.05, 0) is 118 Å². The van der Waals surface area contributed by atoms with Crippen LogP contribution in [0.2, 0.25) is 0 Å². The predicted octanol–water partition coefficient (Wildman–Crippen LogP) is 6.72. The van der Waals surface area contributed by atoms with Crippen molar-refractivity contribution in [1.29, 1.82) is 0 Å². The highest BCUT2D eigenvalue weighted by atomic mass is 16.6. The Morgan fingerprint density at radius 1 is 0.913 bits per heavy atom. The van der Waals surface area contributed by atoms with Gasteiger partial charge in [-0.25, -0.2) is 4.79 Å². The van der Waals surface area contributed by atoms with Gasteiger partial charge in [0.15, 0.2) is 0 Å². The van der Waals surface area contributed by atoms with E-state index in [2.05, 4.69) is 6.92 Å². The summed E-state index contributed by atoms with van der Waals surface area (Å²) in [6.45, 7) is 11.9. The van der Waals surface area contributed by atoms with Crippen molar-refractivity contribution in [2.24, 2.45) is 28.1 Å². The molecule has 0 aromatic heterocycles. The zero-order chi connectivity index (χ0) is 33.6. The lowest BCUT2D eigenvalue weighted by Crippen LogP contribution is -2.45. The first-order valence-corrected chi connectivity index (χ1v) is 18.0. The van der Waals surface area contributed by atoms with Crippen LogP contribution in [0.15, 0.2) is 0 Å². The summed E-state index contributed by atoms with van der Waals surface area (Å²) in [5.41, 5.74) is -3.83. The Morgan fingerprint density at radius 3 is 2.11 bits per heavy atom. The number of cyclic esters (lactones) is 1. The molecule has 9 heteroatoms. The maximum absolute atomic E-state index is 13.3. The molecule has 5 aliphatic carbocycles. The van der Waals surface area contributed by atoms with Gasteiger partial charge in [0.2, 0.25) is 11.7 Å². The third kappa shape index (κ3) is 7.44. The molecule has 0 spiro atoms. The van der Waals surface area contributed by atoms with Crippen LogP contribution >= 0.6 is 0 Å². The standard InChI is InChI=1S/C37H58O9/c1-32(2,29(39)44-27-12-19-43-28(27)38)13-10-15-34(5,31(41)46-36-21-25-20-26(23-36)37(42,22-25)24-36)16-11-14-33(3,4)30(40)45-35(6)17-8-7-9-18-35/h25-27,42H,7-24H2,1-6H3/p+1. The van der Waals surface area contributed by atoms with Crippen LogP contribution in [0.5, 0.6) is 0 Å². The number of carbonyl (C=O) groups is 3. The molecular formula is C37H59O9+. The minimum Gasteiger partial charge on any atom is -0.463 e. The van der Waals surface area contributed by atoms with Crippen LogP contribution < -0.4 is 0 Å². The van der Waals surface area contributed by atoms with Gasteiger partial charge in [0.05, 0.1) is 23.0 Å². The summed E-state index contributed by atoms with van der Waals surface area (Å²) in [5.74, 6) is -0.431. The summed E-state index contributed by atoms with van der Waals surface area (Å²) in [7, 11) is 0. The molecule has 0 radical (unpaired) electrons. The molecule has 1 heterocycles. The lowest BCUT2D eigenvalue weighted by molar-refractivity contribution is -0.172. The number of hydrogen-bond acceptors (Lipinski definition) is 8. The average Bonchev–Trinajstić information content (AvgIpc) is 3.52. The van der Waals surface area contributed by atoms with Gasteiger partial charge in [-0.15, -0.1) is 0 Å². The van der Waals surface area contributed by atoms with E-state index in [1.807, 2.05) is 34.6 Å². The van der Waals surface area contributed by atoms with Crippen molar-refractivity contribution < 1.29 is 43.2 Å². The van der Waals surface area contributed by atoms with Crippen molar-refractivity contribution >= 4 is 23.9 Å². The molecule has 6 atom stereocenters. The normalized spacial score (nSPS) is 32.9. The van der Waals surface area contributed by atoms with Crippen LogP contribution in [0.3, 0.4) is 0 Å². The molecule has 5 saturated carbocycles. The van der Waals surface area contributed by atoms with E-state index < -0.39 is 51.1 Å². The van der Waals surface area contributed by atoms with E-state index in [-0.39, 0.29) is 24.5 Å². The van der Waals surface area contributed by atoms with Crippen molar-refractivity contribution in [1.82, 2.24) is 0 Å². The zero-order valence-corrected chi connectivity index (χ0v) is 29.2. The lowest BCUT2D eigenvalue weighted by atomic mass is 9.74. The second kappa shape index (κ2) is 12.7. The van der Waals surface area contributed by atoms with Crippen LogP contribution in [0.4, 0.5) is 0 Å². The first kappa shape index (κ1) is 35.2. The predicted molar refractivity (Wildman–Crippen MR) is 172 cm³/mol. The van der Waals surface area contributed by atoms with Gasteiger partial charge >= 0.3 is 23.9 Å². The van der Waals surface area contributed by atoms with E-state index in [1.165, 1.54) is 6.42 Å². The van der Waals surface area contributed by atoms with E-state index in [0.29, 0.717) is 57.3 Å². The quantitative estimate of drug-likeness (QED) is 0.125. The molecule has 0 aromatic rings. The SMILES string of the molecule is CC1(OC(=O)C(C)(C)CCCC(C)(CCCC(C)(C)C(=O)OC2CCOC2=O)C(=[OH+])OC23CC4CC(C2)C(O)(C4)C3)CCCCC1. The minimum atomic E-state index is -0.843. The molecule has 6 fully saturated rings. The molecule has 4 bridgehead atoms. The lowest BCUT2D eigenvalue weighted by Gasteiger charge is -2.37. The van der Waals surface area contributed by atoms with Crippen LogP contribution in [0.1, 0.15) is 151 Å². The van der Waals surface area contributed by atoms with Gasteiger partial charge in [0.1, 0.15) is 11.0 Å². The number of esters is 4. The Morgan fingerprint density at radius 2 is 1.54 bits per heavy atom. The molecule has 0 aromatic carbocycles. The summed E-state index contributed by atoms with van der Waals surface area (Å²) in [4.78, 5) is 49.9. The molecule has 6 rings (SSSR count). The van der Waals surface area contributed by atoms with Crippen molar-refractivity contribution in [3.63, 3.8) is 0 Å². The fourth-order valence-corrected chi connectivity index (χ4v) is 9.25. The van der Waals surface area contributed by atoms with Gasteiger partial charge in [-0.1, -0.05) is 19.3 Å². The van der Waals surface area contributed by atoms with Gasteiger partial charge in [-0.3, -0.25) is 9.59 Å². The van der Waals surface area contributed by atoms with Crippen LogP contribution in [0, 0.1) is 28.1 Å². The number of aliphatic hydroxyl groups is 1.